The summed E-state index contributed by atoms with van der Waals surface area (Å²) in [6.07, 6.45) is 1.87. The zero-order chi connectivity index (χ0) is 37.7. The molecule has 0 amide bonds. The molecule has 4 nitrogen and oxygen atoms in total. The predicted molar refractivity (Wildman–Crippen MR) is 237 cm³/mol. The van der Waals surface area contributed by atoms with E-state index in [2.05, 4.69) is 198 Å². The molecule has 0 spiro atoms. The minimum atomic E-state index is 0.842. The van der Waals surface area contributed by atoms with Gasteiger partial charge < -0.3 is 13.9 Å². The van der Waals surface area contributed by atoms with Gasteiger partial charge in [0.2, 0.25) is 0 Å². The number of hydrogen-bond donors (Lipinski definition) is 0. The van der Waals surface area contributed by atoms with Crippen LogP contribution < -0.4 is 4.90 Å². The van der Waals surface area contributed by atoms with E-state index < -0.39 is 0 Å². The summed E-state index contributed by atoms with van der Waals surface area (Å²) >= 11 is 0. The first-order chi connectivity index (χ1) is 28.3. The van der Waals surface area contributed by atoms with Crippen molar-refractivity contribution < 1.29 is 4.42 Å². The first-order valence-corrected chi connectivity index (χ1v) is 19.3. The van der Waals surface area contributed by atoms with E-state index in [0.29, 0.717) is 0 Å². The van der Waals surface area contributed by atoms with Gasteiger partial charge in [-0.25, -0.2) is 0 Å². The van der Waals surface area contributed by atoms with Crippen molar-refractivity contribution in [3.8, 4) is 39.2 Å². The van der Waals surface area contributed by atoms with Gasteiger partial charge in [-0.1, -0.05) is 133 Å². The van der Waals surface area contributed by atoms with Crippen LogP contribution in [0.2, 0.25) is 0 Å². The third kappa shape index (κ3) is 5.58. The maximum Gasteiger partial charge on any atom is 0.137 e. The summed E-state index contributed by atoms with van der Waals surface area (Å²) in [6, 6.07) is 73.2. The zero-order valence-electron chi connectivity index (χ0n) is 31.0. The smallest absolute Gasteiger partial charge is 0.137 e. The molecule has 11 aromatic rings. The number of rotatable bonds is 7. The Labute approximate surface area is 330 Å². The van der Waals surface area contributed by atoms with Crippen LogP contribution in [0.25, 0.3) is 82.9 Å². The van der Waals surface area contributed by atoms with Crippen LogP contribution in [0.4, 0.5) is 17.1 Å². The Kier molecular flexibility index (Phi) is 7.78. The lowest BCUT2D eigenvalue weighted by atomic mass is 9.97. The van der Waals surface area contributed by atoms with Crippen molar-refractivity contribution in [2.24, 2.45) is 0 Å². The first kappa shape index (κ1) is 32.7. The molecule has 0 bridgehead atoms. The summed E-state index contributed by atoms with van der Waals surface area (Å²) in [7, 11) is 0. The summed E-state index contributed by atoms with van der Waals surface area (Å²) in [5, 5.41) is 4.59. The molecule has 0 N–H and O–H groups in total. The van der Waals surface area contributed by atoms with E-state index in [1.165, 1.54) is 27.4 Å². The number of nitrogens with zero attached hydrogens (tertiary/aromatic N) is 3. The molecule has 4 heteroatoms. The van der Waals surface area contributed by atoms with Gasteiger partial charge in [0.05, 0.1) is 33.5 Å². The standard InChI is InChI=1S/C53H35N3O/c1-3-14-36(15-4-1)37-25-29-41(30-26-37)56(48-22-13-24-52-53(48)45-19-8-10-23-51(45)57-52)50-35-39(28-32-44(50)46-20-11-12-33-54-46)38-27-31-43-42-18-7-9-21-47(42)55(49(43)34-38)40-16-5-2-6-17-40/h1-35H. The highest BCUT2D eigenvalue weighted by molar-refractivity contribution is 6.14. The van der Waals surface area contributed by atoms with Crippen molar-refractivity contribution in [2.75, 3.05) is 4.90 Å². The van der Waals surface area contributed by atoms with Gasteiger partial charge in [-0.3, -0.25) is 4.98 Å². The summed E-state index contributed by atoms with van der Waals surface area (Å²) < 4.78 is 8.85. The second kappa shape index (κ2) is 13.6. The zero-order valence-corrected chi connectivity index (χ0v) is 31.0. The number of aromatic nitrogens is 2. The molecule has 268 valence electrons. The van der Waals surface area contributed by atoms with Crippen LogP contribution in [0, 0.1) is 0 Å². The average molecular weight is 730 g/mol. The Hall–Kier alpha value is -7.69. The van der Waals surface area contributed by atoms with Gasteiger partial charge in [0.25, 0.3) is 0 Å². The van der Waals surface area contributed by atoms with E-state index in [9.17, 15) is 0 Å². The van der Waals surface area contributed by atoms with E-state index in [4.69, 9.17) is 9.40 Å². The first-order valence-electron chi connectivity index (χ1n) is 19.3. The van der Waals surface area contributed by atoms with E-state index >= 15 is 0 Å². The number of furan rings is 1. The number of para-hydroxylation sites is 3. The Balaban J connectivity index is 1.17. The summed E-state index contributed by atoms with van der Waals surface area (Å²) in [5.74, 6) is 0. The summed E-state index contributed by atoms with van der Waals surface area (Å²) in [4.78, 5) is 7.28. The lowest BCUT2D eigenvalue weighted by molar-refractivity contribution is 0.669. The second-order valence-electron chi connectivity index (χ2n) is 14.4. The lowest BCUT2D eigenvalue weighted by Gasteiger charge is -2.29. The van der Waals surface area contributed by atoms with Crippen molar-refractivity contribution in [3.05, 3.63) is 212 Å². The highest BCUT2D eigenvalue weighted by Gasteiger charge is 2.23. The molecular weight excluding hydrogens is 695 g/mol. The molecule has 0 fully saturated rings. The van der Waals surface area contributed by atoms with E-state index in [0.717, 1.165) is 72.6 Å². The lowest BCUT2D eigenvalue weighted by Crippen LogP contribution is -2.12. The highest BCUT2D eigenvalue weighted by Crippen LogP contribution is 2.47. The monoisotopic (exact) mass is 729 g/mol. The van der Waals surface area contributed by atoms with Crippen molar-refractivity contribution in [1.29, 1.82) is 0 Å². The maximum atomic E-state index is 6.47. The number of hydrogen-bond acceptors (Lipinski definition) is 3. The van der Waals surface area contributed by atoms with E-state index in [1.54, 1.807) is 0 Å². The maximum absolute atomic E-state index is 6.47. The van der Waals surface area contributed by atoms with E-state index in [-0.39, 0.29) is 0 Å². The molecule has 0 atom stereocenters. The largest absolute Gasteiger partial charge is 0.456 e. The fourth-order valence-corrected chi connectivity index (χ4v) is 8.42. The molecule has 3 aromatic heterocycles. The topological polar surface area (TPSA) is 34.2 Å². The van der Waals surface area contributed by atoms with Gasteiger partial charge in [0, 0.05) is 39.3 Å². The van der Waals surface area contributed by atoms with Crippen LogP contribution in [0.3, 0.4) is 0 Å². The predicted octanol–water partition coefficient (Wildman–Crippen LogP) is 14.5. The minimum absolute atomic E-state index is 0.842. The number of anilines is 3. The van der Waals surface area contributed by atoms with Crippen molar-refractivity contribution in [1.82, 2.24) is 9.55 Å². The van der Waals surface area contributed by atoms with Gasteiger partial charge >= 0.3 is 0 Å². The molecule has 8 aromatic carbocycles. The molecule has 11 rings (SSSR count). The number of fused-ring (bicyclic) bond motifs is 6. The molecule has 0 aliphatic heterocycles. The Bertz CT molecular complexity index is 3220. The Morgan fingerprint density at radius 3 is 1.89 bits per heavy atom. The van der Waals surface area contributed by atoms with Crippen LogP contribution in [-0.4, -0.2) is 9.55 Å². The molecule has 0 unspecified atom stereocenters. The molecule has 3 heterocycles. The van der Waals surface area contributed by atoms with Crippen LogP contribution in [0.1, 0.15) is 0 Å². The van der Waals surface area contributed by atoms with Crippen molar-refractivity contribution in [2.45, 2.75) is 0 Å². The van der Waals surface area contributed by atoms with Crippen LogP contribution in [-0.2, 0) is 0 Å². The van der Waals surface area contributed by atoms with Gasteiger partial charge in [-0.2, -0.15) is 0 Å². The SMILES string of the molecule is c1ccc(-c2ccc(N(c3cc(-c4ccc5c6ccccc6n(-c6ccccc6)c5c4)ccc3-c3ccccn3)c3cccc4oc5ccccc5c34)cc2)cc1. The van der Waals surface area contributed by atoms with Crippen molar-refractivity contribution in [3.63, 3.8) is 0 Å². The van der Waals surface area contributed by atoms with Crippen LogP contribution in [0.5, 0.6) is 0 Å². The van der Waals surface area contributed by atoms with Crippen molar-refractivity contribution >= 4 is 60.8 Å². The molecule has 0 aliphatic carbocycles. The fourth-order valence-electron chi connectivity index (χ4n) is 8.42. The molecule has 57 heavy (non-hydrogen) atoms. The third-order valence-corrected chi connectivity index (χ3v) is 11.1. The minimum Gasteiger partial charge on any atom is -0.456 e. The van der Waals surface area contributed by atoms with Gasteiger partial charge in [0.1, 0.15) is 11.2 Å². The second-order valence-corrected chi connectivity index (χ2v) is 14.4. The Morgan fingerprint density at radius 1 is 0.421 bits per heavy atom. The van der Waals surface area contributed by atoms with Crippen LogP contribution >= 0.6 is 0 Å². The number of pyridine rings is 1. The summed E-state index contributed by atoms with van der Waals surface area (Å²) in [5.41, 5.74) is 14.8. The molecule has 0 saturated carbocycles. The Morgan fingerprint density at radius 2 is 1.07 bits per heavy atom. The van der Waals surface area contributed by atoms with Crippen LogP contribution in [0.15, 0.2) is 217 Å². The molecular formula is C53H35N3O. The fraction of sp³-hybridized carbons (Fsp3) is 0. The van der Waals surface area contributed by atoms with Gasteiger partial charge in [0.15, 0.2) is 0 Å². The molecule has 0 aliphatic rings. The highest BCUT2D eigenvalue weighted by atomic mass is 16.3. The van der Waals surface area contributed by atoms with E-state index in [1.807, 2.05) is 24.4 Å². The normalized spacial score (nSPS) is 11.5. The molecule has 0 radical (unpaired) electrons. The van der Waals surface area contributed by atoms with Gasteiger partial charge in [-0.05, 0) is 95.1 Å². The average Bonchev–Trinajstić information content (AvgIpc) is 3.84. The summed E-state index contributed by atoms with van der Waals surface area (Å²) in [6.45, 7) is 0. The number of benzene rings is 8. The quantitative estimate of drug-likeness (QED) is 0.164. The third-order valence-electron chi connectivity index (χ3n) is 11.1. The van der Waals surface area contributed by atoms with Gasteiger partial charge in [-0.15, -0.1) is 0 Å². The molecule has 0 saturated heterocycles.